The first-order valence-corrected chi connectivity index (χ1v) is 7.67. The minimum absolute atomic E-state index is 0.0251. The highest BCUT2D eigenvalue weighted by atomic mass is 32.2. The van der Waals surface area contributed by atoms with E-state index in [-0.39, 0.29) is 6.54 Å². The highest BCUT2D eigenvalue weighted by molar-refractivity contribution is 7.87. The van der Waals surface area contributed by atoms with Crippen molar-refractivity contribution in [3.63, 3.8) is 0 Å². The summed E-state index contributed by atoms with van der Waals surface area (Å²) in [6.07, 6.45) is 2.99. The largest absolute Gasteiger partial charge is 0.343 e. The summed E-state index contributed by atoms with van der Waals surface area (Å²) in [6.45, 7) is 4.33. The van der Waals surface area contributed by atoms with Gasteiger partial charge in [0.1, 0.15) is 0 Å². The van der Waals surface area contributed by atoms with Crippen LogP contribution in [-0.2, 0) is 16.8 Å². The van der Waals surface area contributed by atoms with Crippen molar-refractivity contribution in [1.29, 1.82) is 0 Å². The minimum atomic E-state index is -3.50. The Hall–Kier alpha value is -1.03. The van der Waals surface area contributed by atoms with Gasteiger partial charge in [0.25, 0.3) is 10.2 Å². The van der Waals surface area contributed by atoms with Crippen molar-refractivity contribution in [3.05, 3.63) is 12.2 Å². The standard InChI is InChI=1S/C10H21N5O3S/c1-3-5-11-6-4-7-15(2)19(16,17)13-8-10-12-9-18-14-10/h9,11,13H,3-8H2,1-2H3. The van der Waals surface area contributed by atoms with E-state index in [2.05, 4.69) is 31.6 Å². The molecule has 1 aromatic heterocycles. The average Bonchev–Trinajstić information content (AvgIpc) is 2.89. The summed E-state index contributed by atoms with van der Waals surface area (Å²) in [4.78, 5) is 3.74. The topological polar surface area (TPSA) is 100 Å². The van der Waals surface area contributed by atoms with Gasteiger partial charge in [0, 0.05) is 13.6 Å². The van der Waals surface area contributed by atoms with Crippen molar-refractivity contribution >= 4 is 10.2 Å². The van der Waals surface area contributed by atoms with E-state index in [0.717, 1.165) is 32.3 Å². The quantitative estimate of drug-likeness (QED) is 0.575. The fourth-order valence-corrected chi connectivity index (χ4v) is 2.29. The smallest absolute Gasteiger partial charge is 0.279 e. The number of aromatic nitrogens is 2. The van der Waals surface area contributed by atoms with E-state index >= 15 is 0 Å². The second kappa shape index (κ2) is 8.20. The first-order chi connectivity index (χ1) is 9.06. The summed E-state index contributed by atoms with van der Waals surface area (Å²) in [7, 11) is -1.96. The molecule has 19 heavy (non-hydrogen) atoms. The molecular formula is C10H21N5O3S. The van der Waals surface area contributed by atoms with Crippen LogP contribution in [0.1, 0.15) is 25.6 Å². The van der Waals surface area contributed by atoms with Crippen LogP contribution < -0.4 is 10.0 Å². The van der Waals surface area contributed by atoms with Crippen molar-refractivity contribution in [1.82, 2.24) is 24.5 Å². The maximum Gasteiger partial charge on any atom is 0.279 e. The molecule has 0 spiro atoms. The van der Waals surface area contributed by atoms with Crippen LogP contribution in [0.15, 0.2) is 10.9 Å². The molecule has 0 atom stereocenters. The molecule has 8 nitrogen and oxygen atoms in total. The van der Waals surface area contributed by atoms with Crippen LogP contribution in [0.5, 0.6) is 0 Å². The molecule has 2 N–H and O–H groups in total. The maximum atomic E-state index is 11.9. The average molecular weight is 291 g/mol. The Labute approximate surface area is 113 Å². The van der Waals surface area contributed by atoms with Gasteiger partial charge < -0.3 is 9.84 Å². The van der Waals surface area contributed by atoms with E-state index < -0.39 is 10.2 Å². The van der Waals surface area contributed by atoms with Gasteiger partial charge in [0.15, 0.2) is 5.82 Å². The molecule has 0 amide bonds. The summed E-state index contributed by atoms with van der Waals surface area (Å²) in [5.41, 5.74) is 0. The first-order valence-electron chi connectivity index (χ1n) is 6.23. The molecule has 0 radical (unpaired) electrons. The zero-order valence-electron chi connectivity index (χ0n) is 11.3. The molecule has 1 aromatic rings. The van der Waals surface area contributed by atoms with Gasteiger partial charge in [-0.25, -0.2) is 0 Å². The zero-order chi connectivity index (χ0) is 14.1. The van der Waals surface area contributed by atoms with E-state index in [1.807, 2.05) is 0 Å². The van der Waals surface area contributed by atoms with Gasteiger partial charge >= 0.3 is 0 Å². The first kappa shape index (κ1) is 16.0. The molecule has 0 aliphatic heterocycles. The predicted octanol–water partition coefficient (Wildman–Crippen LogP) is -0.274. The van der Waals surface area contributed by atoms with E-state index in [1.54, 1.807) is 7.05 Å². The Morgan fingerprint density at radius 2 is 2.21 bits per heavy atom. The lowest BCUT2D eigenvalue weighted by Gasteiger charge is -2.17. The van der Waals surface area contributed by atoms with Gasteiger partial charge in [-0.2, -0.15) is 22.4 Å². The Kier molecular flexibility index (Phi) is 6.92. The number of hydrogen-bond acceptors (Lipinski definition) is 6. The molecule has 9 heteroatoms. The third-order valence-corrected chi connectivity index (χ3v) is 4.00. The molecule has 0 bridgehead atoms. The van der Waals surface area contributed by atoms with Crippen molar-refractivity contribution in [2.75, 3.05) is 26.7 Å². The Bertz CT molecular complexity index is 434. The molecule has 0 aliphatic carbocycles. The molecule has 0 fully saturated rings. The molecular weight excluding hydrogens is 270 g/mol. The summed E-state index contributed by atoms with van der Waals surface area (Å²) < 4.78 is 31.9. The van der Waals surface area contributed by atoms with Crippen LogP contribution in [0.25, 0.3) is 0 Å². The van der Waals surface area contributed by atoms with Crippen LogP contribution in [0.3, 0.4) is 0 Å². The molecule has 1 rings (SSSR count). The van der Waals surface area contributed by atoms with Gasteiger partial charge in [-0.1, -0.05) is 12.1 Å². The second-order valence-electron chi connectivity index (χ2n) is 4.10. The molecule has 110 valence electrons. The van der Waals surface area contributed by atoms with Gasteiger partial charge in [-0.05, 0) is 25.9 Å². The normalized spacial score (nSPS) is 12.2. The lowest BCUT2D eigenvalue weighted by atomic mass is 10.4. The third-order valence-electron chi connectivity index (χ3n) is 2.48. The number of hydrogen-bond donors (Lipinski definition) is 2. The second-order valence-corrected chi connectivity index (χ2v) is 5.96. The summed E-state index contributed by atoms with van der Waals surface area (Å²) in [6, 6.07) is 0. The van der Waals surface area contributed by atoms with E-state index in [9.17, 15) is 8.42 Å². The van der Waals surface area contributed by atoms with Crippen molar-refractivity contribution in [3.8, 4) is 0 Å². The van der Waals surface area contributed by atoms with Gasteiger partial charge in [0.2, 0.25) is 6.39 Å². The van der Waals surface area contributed by atoms with Crippen LogP contribution >= 0.6 is 0 Å². The molecule has 0 unspecified atom stereocenters. The fraction of sp³-hybridized carbons (Fsp3) is 0.800. The highest BCUT2D eigenvalue weighted by Gasteiger charge is 2.17. The van der Waals surface area contributed by atoms with E-state index in [0.29, 0.717) is 12.4 Å². The maximum absolute atomic E-state index is 11.9. The fourth-order valence-electron chi connectivity index (χ4n) is 1.38. The summed E-state index contributed by atoms with van der Waals surface area (Å²) in [5.74, 6) is 0.307. The summed E-state index contributed by atoms with van der Waals surface area (Å²) in [5, 5.41) is 6.75. The lowest BCUT2D eigenvalue weighted by Crippen LogP contribution is -2.39. The van der Waals surface area contributed by atoms with Crippen molar-refractivity contribution < 1.29 is 12.9 Å². The predicted molar refractivity (Wildman–Crippen MR) is 70.5 cm³/mol. The third kappa shape index (κ3) is 6.10. The van der Waals surface area contributed by atoms with Gasteiger partial charge in [-0.15, -0.1) is 0 Å². The van der Waals surface area contributed by atoms with Gasteiger partial charge in [0.05, 0.1) is 6.54 Å². The zero-order valence-corrected chi connectivity index (χ0v) is 12.1. The van der Waals surface area contributed by atoms with Crippen LogP contribution in [-0.4, -0.2) is 49.5 Å². The van der Waals surface area contributed by atoms with Crippen molar-refractivity contribution in [2.45, 2.75) is 26.3 Å². The van der Waals surface area contributed by atoms with E-state index in [4.69, 9.17) is 0 Å². The monoisotopic (exact) mass is 291 g/mol. The summed E-state index contributed by atoms with van der Waals surface area (Å²) >= 11 is 0. The minimum Gasteiger partial charge on any atom is -0.343 e. The molecule has 0 aromatic carbocycles. The Morgan fingerprint density at radius 3 is 2.84 bits per heavy atom. The number of rotatable bonds is 10. The van der Waals surface area contributed by atoms with Crippen LogP contribution in [0.2, 0.25) is 0 Å². The Morgan fingerprint density at radius 1 is 1.42 bits per heavy atom. The lowest BCUT2D eigenvalue weighted by molar-refractivity contribution is 0.407. The molecule has 0 saturated heterocycles. The molecule has 0 saturated carbocycles. The molecule has 1 heterocycles. The van der Waals surface area contributed by atoms with Crippen LogP contribution in [0, 0.1) is 0 Å². The number of nitrogens with one attached hydrogen (secondary N) is 2. The van der Waals surface area contributed by atoms with Crippen molar-refractivity contribution in [2.24, 2.45) is 0 Å². The molecule has 0 aliphatic rings. The number of nitrogens with zero attached hydrogens (tertiary/aromatic N) is 3. The Balaban J connectivity index is 2.27. The van der Waals surface area contributed by atoms with Crippen LogP contribution in [0.4, 0.5) is 0 Å². The SMILES string of the molecule is CCCNCCCN(C)S(=O)(=O)NCc1ncon1. The van der Waals surface area contributed by atoms with Gasteiger partial charge in [-0.3, -0.25) is 0 Å². The van der Waals surface area contributed by atoms with E-state index in [1.165, 1.54) is 4.31 Å². The highest BCUT2D eigenvalue weighted by Crippen LogP contribution is 1.97.